The van der Waals surface area contributed by atoms with Gasteiger partial charge in [-0.2, -0.15) is 0 Å². The van der Waals surface area contributed by atoms with E-state index in [2.05, 4.69) is 0 Å². The average Bonchev–Trinajstić information content (AvgIpc) is 2.27. The van der Waals surface area contributed by atoms with Gasteiger partial charge in [-0.1, -0.05) is 0 Å². The van der Waals surface area contributed by atoms with Crippen LogP contribution < -0.4 is 11.0 Å². The van der Waals surface area contributed by atoms with Crippen LogP contribution in [0, 0.1) is 12.7 Å². The van der Waals surface area contributed by atoms with Crippen molar-refractivity contribution in [2.24, 2.45) is 0 Å². The molecule has 0 aromatic carbocycles. The minimum atomic E-state index is -1.25. The summed E-state index contributed by atoms with van der Waals surface area (Å²) in [6.07, 6.45) is 0. The summed E-state index contributed by atoms with van der Waals surface area (Å²) in [6.45, 7) is 3.04. The number of carbonyl (C=O) groups excluding carboxylic acids is 1. The van der Waals surface area contributed by atoms with Crippen LogP contribution in [0.4, 0.5) is 4.39 Å². The predicted molar refractivity (Wildman–Crippen MR) is 52.0 cm³/mol. The molecule has 1 aromatic heterocycles. The molecule has 0 aliphatic carbocycles. The van der Waals surface area contributed by atoms with E-state index in [0.29, 0.717) is 0 Å². The summed E-state index contributed by atoms with van der Waals surface area (Å²) in [5.74, 6) is -3.36. The highest BCUT2D eigenvalue weighted by Crippen LogP contribution is 2.20. The van der Waals surface area contributed by atoms with E-state index in [1.54, 1.807) is 6.92 Å². The lowest BCUT2D eigenvalue weighted by molar-refractivity contribution is 0.0699. The topological polar surface area (TPSA) is 91.6 Å². The van der Waals surface area contributed by atoms with Crippen LogP contribution in [0.5, 0.6) is 5.75 Å². The molecular weight excluding hydrogens is 219 g/mol. The number of rotatable bonds is 2. The van der Waals surface area contributed by atoms with E-state index < -0.39 is 28.6 Å². The molecule has 0 aliphatic rings. The van der Waals surface area contributed by atoms with Crippen LogP contribution in [0.2, 0.25) is 0 Å². The Balaban J connectivity index is 3.69. The lowest BCUT2D eigenvalue weighted by Gasteiger charge is -2.11. The molecule has 0 fully saturated rings. The number of hydroxylamine groups is 1. The maximum atomic E-state index is 13.4. The summed E-state index contributed by atoms with van der Waals surface area (Å²) in [6, 6.07) is 0. The Bertz CT molecular complexity index is 495. The number of aromatic hydroxyl groups is 1. The Morgan fingerprint density at radius 3 is 2.56 bits per heavy atom. The zero-order chi connectivity index (χ0) is 12.5. The van der Waals surface area contributed by atoms with Crippen LogP contribution in [0.3, 0.4) is 0 Å². The zero-order valence-corrected chi connectivity index (χ0v) is 8.74. The molecular formula is C9H11FN2O4. The van der Waals surface area contributed by atoms with Gasteiger partial charge in [0.05, 0.1) is 5.69 Å². The van der Waals surface area contributed by atoms with Gasteiger partial charge in [-0.15, -0.1) is 0 Å². The summed E-state index contributed by atoms with van der Waals surface area (Å²) in [5.41, 5.74) is -0.557. The Kier molecular flexibility index (Phi) is 3.28. The van der Waals surface area contributed by atoms with Gasteiger partial charge in [-0.25, -0.2) is 9.87 Å². The lowest BCUT2D eigenvalue weighted by Crippen LogP contribution is -2.33. The maximum Gasteiger partial charge on any atom is 0.284 e. The number of halogens is 1. The van der Waals surface area contributed by atoms with E-state index in [-0.39, 0.29) is 12.2 Å². The first kappa shape index (κ1) is 12.2. The second kappa shape index (κ2) is 4.31. The van der Waals surface area contributed by atoms with Gasteiger partial charge in [-0.3, -0.25) is 14.8 Å². The van der Waals surface area contributed by atoms with Crippen molar-refractivity contribution in [1.82, 2.24) is 10.0 Å². The van der Waals surface area contributed by atoms with Crippen LogP contribution in [0.15, 0.2) is 4.79 Å². The van der Waals surface area contributed by atoms with Gasteiger partial charge in [0, 0.05) is 6.54 Å². The Labute approximate surface area is 89.9 Å². The minimum absolute atomic E-state index is 0.0699. The van der Waals surface area contributed by atoms with Crippen molar-refractivity contribution < 1.29 is 19.5 Å². The number of hydrogen-bond donors (Lipinski definition) is 3. The fourth-order valence-electron chi connectivity index (χ4n) is 1.43. The van der Waals surface area contributed by atoms with Gasteiger partial charge >= 0.3 is 0 Å². The Morgan fingerprint density at radius 2 is 2.12 bits per heavy atom. The molecule has 16 heavy (non-hydrogen) atoms. The lowest BCUT2D eigenvalue weighted by atomic mass is 10.2. The van der Waals surface area contributed by atoms with Crippen LogP contribution in [-0.2, 0) is 6.54 Å². The van der Waals surface area contributed by atoms with Gasteiger partial charge in [0.25, 0.3) is 11.5 Å². The molecule has 3 N–H and O–H groups in total. The van der Waals surface area contributed by atoms with Crippen LogP contribution >= 0.6 is 0 Å². The molecule has 1 amide bonds. The first-order valence-electron chi connectivity index (χ1n) is 4.51. The summed E-state index contributed by atoms with van der Waals surface area (Å²) in [5, 5.41) is 17.7. The van der Waals surface area contributed by atoms with Crippen molar-refractivity contribution in [2.75, 3.05) is 0 Å². The molecule has 6 nitrogen and oxygen atoms in total. The minimum Gasteiger partial charge on any atom is -0.504 e. The number of nitrogens with one attached hydrogen (secondary N) is 1. The number of nitrogens with zero attached hydrogens (tertiary/aromatic N) is 1. The molecule has 7 heteroatoms. The number of aromatic nitrogens is 1. The SMILES string of the molecule is CCn1c(C)c(F)c(O)c(C(=O)NO)c1=O. The molecule has 88 valence electrons. The van der Waals surface area contributed by atoms with E-state index in [9.17, 15) is 19.1 Å². The van der Waals surface area contributed by atoms with Crippen LogP contribution in [0.25, 0.3) is 0 Å². The maximum absolute atomic E-state index is 13.4. The fraction of sp³-hybridized carbons (Fsp3) is 0.333. The van der Waals surface area contributed by atoms with E-state index >= 15 is 0 Å². The molecule has 0 saturated heterocycles. The Hall–Kier alpha value is -1.89. The number of pyridine rings is 1. The molecule has 0 saturated carbocycles. The quantitative estimate of drug-likeness (QED) is 0.497. The number of hydrogen-bond acceptors (Lipinski definition) is 4. The third-order valence-corrected chi connectivity index (χ3v) is 2.27. The van der Waals surface area contributed by atoms with E-state index in [1.165, 1.54) is 12.4 Å². The van der Waals surface area contributed by atoms with Crippen molar-refractivity contribution in [3.8, 4) is 5.75 Å². The van der Waals surface area contributed by atoms with Gasteiger partial charge in [0.15, 0.2) is 17.1 Å². The summed E-state index contributed by atoms with van der Waals surface area (Å²) in [7, 11) is 0. The van der Waals surface area contributed by atoms with Gasteiger partial charge < -0.3 is 9.67 Å². The van der Waals surface area contributed by atoms with Gasteiger partial charge in [-0.05, 0) is 13.8 Å². The highest BCUT2D eigenvalue weighted by Gasteiger charge is 2.23. The Morgan fingerprint density at radius 1 is 1.56 bits per heavy atom. The van der Waals surface area contributed by atoms with Crippen molar-refractivity contribution >= 4 is 5.91 Å². The smallest absolute Gasteiger partial charge is 0.284 e. The highest BCUT2D eigenvalue weighted by atomic mass is 19.1. The predicted octanol–water partition coefficient (Wildman–Crippen LogP) is 0.140. The van der Waals surface area contributed by atoms with Crippen molar-refractivity contribution in [2.45, 2.75) is 20.4 Å². The normalized spacial score (nSPS) is 10.2. The summed E-state index contributed by atoms with van der Waals surface area (Å²) in [4.78, 5) is 22.7. The van der Waals surface area contributed by atoms with E-state index in [1.807, 2.05) is 0 Å². The average molecular weight is 230 g/mol. The fourth-order valence-corrected chi connectivity index (χ4v) is 1.43. The molecule has 0 atom stereocenters. The first-order valence-corrected chi connectivity index (χ1v) is 4.51. The third-order valence-electron chi connectivity index (χ3n) is 2.27. The molecule has 0 spiro atoms. The summed E-state index contributed by atoms with van der Waals surface area (Å²) < 4.78 is 14.4. The zero-order valence-electron chi connectivity index (χ0n) is 8.74. The third kappa shape index (κ3) is 1.65. The molecule has 0 bridgehead atoms. The van der Waals surface area contributed by atoms with Gasteiger partial charge in [0.2, 0.25) is 0 Å². The van der Waals surface area contributed by atoms with Crippen molar-refractivity contribution in [3.63, 3.8) is 0 Å². The van der Waals surface area contributed by atoms with Crippen molar-refractivity contribution in [3.05, 3.63) is 27.4 Å². The van der Waals surface area contributed by atoms with Crippen LogP contribution in [0.1, 0.15) is 23.0 Å². The summed E-state index contributed by atoms with van der Waals surface area (Å²) >= 11 is 0. The first-order chi connectivity index (χ1) is 7.45. The highest BCUT2D eigenvalue weighted by molar-refractivity contribution is 5.95. The molecule has 0 unspecified atom stereocenters. The van der Waals surface area contributed by atoms with E-state index in [0.717, 1.165) is 4.57 Å². The largest absolute Gasteiger partial charge is 0.504 e. The number of carbonyl (C=O) groups is 1. The second-order valence-corrected chi connectivity index (χ2v) is 3.11. The number of amides is 1. The van der Waals surface area contributed by atoms with E-state index in [4.69, 9.17) is 5.21 Å². The van der Waals surface area contributed by atoms with Gasteiger partial charge in [0.1, 0.15) is 0 Å². The standard InChI is InChI=1S/C9H11FN2O4/c1-3-12-4(2)6(10)7(13)5(9(12)15)8(14)11-16/h13,16H,3H2,1-2H3,(H,11,14). The molecule has 0 radical (unpaired) electrons. The monoisotopic (exact) mass is 230 g/mol. The van der Waals surface area contributed by atoms with Crippen molar-refractivity contribution in [1.29, 1.82) is 0 Å². The molecule has 1 rings (SSSR count). The molecule has 1 aromatic rings. The molecule has 0 aliphatic heterocycles. The van der Waals surface area contributed by atoms with Crippen LogP contribution in [-0.4, -0.2) is 20.8 Å². The molecule has 1 heterocycles. The second-order valence-electron chi connectivity index (χ2n) is 3.11.